The summed E-state index contributed by atoms with van der Waals surface area (Å²) in [6, 6.07) is 0. The third kappa shape index (κ3) is 3.08. The predicted octanol–water partition coefficient (Wildman–Crippen LogP) is 1.05. The van der Waals surface area contributed by atoms with Gasteiger partial charge in [0.2, 0.25) is 0 Å². The molecule has 0 aliphatic carbocycles. The second kappa shape index (κ2) is 6.18. The summed E-state index contributed by atoms with van der Waals surface area (Å²) < 4.78 is 7.38. The van der Waals surface area contributed by atoms with E-state index in [1.807, 2.05) is 10.6 Å². The summed E-state index contributed by atoms with van der Waals surface area (Å²) in [6.07, 6.45) is 2.98. The lowest BCUT2D eigenvalue weighted by Gasteiger charge is -2.08. The number of aromatic nitrogens is 3. The molecule has 1 atom stereocenters. The number of hydrogen-bond acceptors (Lipinski definition) is 5. The second-order valence-electron chi connectivity index (χ2n) is 4.04. The number of rotatable bonds is 6. The Morgan fingerprint density at radius 1 is 1.59 bits per heavy atom. The molecule has 1 aliphatic heterocycles. The lowest BCUT2D eigenvalue weighted by Crippen LogP contribution is -2.09. The van der Waals surface area contributed by atoms with Crippen molar-refractivity contribution in [2.45, 2.75) is 24.7 Å². The van der Waals surface area contributed by atoms with E-state index in [2.05, 4.69) is 16.8 Å². The molecule has 5 nitrogen and oxygen atoms in total. The molecule has 0 unspecified atom stereocenters. The molecule has 1 aromatic rings. The quantitative estimate of drug-likeness (QED) is 0.607. The molecule has 17 heavy (non-hydrogen) atoms. The van der Waals surface area contributed by atoms with Crippen molar-refractivity contribution in [2.24, 2.45) is 11.7 Å². The zero-order valence-corrected chi connectivity index (χ0v) is 10.7. The maximum atomic E-state index is 5.63. The smallest absolute Gasteiger partial charge is 0.191 e. The van der Waals surface area contributed by atoms with Crippen molar-refractivity contribution in [1.29, 1.82) is 0 Å². The fourth-order valence-corrected chi connectivity index (χ4v) is 2.88. The first-order chi connectivity index (χ1) is 8.35. The minimum absolute atomic E-state index is 0.411. The van der Waals surface area contributed by atoms with Crippen LogP contribution in [0.1, 0.15) is 12.2 Å². The number of hydrogen-bond donors (Lipinski definition) is 1. The Kier molecular flexibility index (Phi) is 4.58. The highest BCUT2D eigenvalue weighted by atomic mass is 32.2. The first-order valence-corrected chi connectivity index (χ1v) is 6.77. The molecule has 2 N–H and O–H groups in total. The number of thioether (sulfide) groups is 1. The molecule has 0 aromatic carbocycles. The number of nitrogens with zero attached hydrogens (tertiary/aromatic N) is 3. The van der Waals surface area contributed by atoms with Gasteiger partial charge < -0.3 is 15.0 Å². The average Bonchev–Trinajstić information content (AvgIpc) is 2.96. The third-order valence-electron chi connectivity index (χ3n) is 2.76. The van der Waals surface area contributed by atoms with E-state index in [-0.39, 0.29) is 0 Å². The molecule has 0 spiro atoms. The summed E-state index contributed by atoms with van der Waals surface area (Å²) in [5, 5.41) is 9.19. The van der Waals surface area contributed by atoms with Crippen LogP contribution in [-0.4, -0.2) is 33.7 Å². The van der Waals surface area contributed by atoms with E-state index in [4.69, 9.17) is 10.5 Å². The highest BCUT2D eigenvalue weighted by Gasteiger charge is 2.18. The van der Waals surface area contributed by atoms with Crippen LogP contribution in [0.2, 0.25) is 0 Å². The molecule has 2 rings (SSSR count). The normalized spacial score (nSPS) is 19.7. The highest BCUT2D eigenvalue weighted by Crippen LogP contribution is 2.24. The van der Waals surface area contributed by atoms with Crippen LogP contribution in [0.5, 0.6) is 0 Å². The van der Waals surface area contributed by atoms with Crippen LogP contribution in [-0.2, 0) is 17.8 Å². The van der Waals surface area contributed by atoms with Crippen molar-refractivity contribution in [3.63, 3.8) is 0 Å². The van der Waals surface area contributed by atoms with Gasteiger partial charge in [0.1, 0.15) is 5.82 Å². The molecule has 1 aromatic heterocycles. The van der Waals surface area contributed by atoms with E-state index in [0.29, 0.717) is 19.0 Å². The van der Waals surface area contributed by atoms with Gasteiger partial charge in [0.25, 0.3) is 0 Å². The van der Waals surface area contributed by atoms with Gasteiger partial charge in [0.05, 0.1) is 13.2 Å². The van der Waals surface area contributed by atoms with Gasteiger partial charge in [-0.3, -0.25) is 0 Å². The zero-order chi connectivity index (χ0) is 12.1. The average molecular weight is 254 g/mol. The van der Waals surface area contributed by atoms with Crippen molar-refractivity contribution < 1.29 is 4.74 Å². The van der Waals surface area contributed by atoms with Crippen LogP contribution < -0.4 is 5.73 Å². The largest absolute Gasteiger partial charge is 0.381 e. The molecule has 0 bridgehead atoms. The summed E-state index contributed by atoms with van der Waals surface area (Å²) in [4.78, 5) is 0. The Balaban J connectivity index is 1.98. The second-order valence-corrected chi connectivity index (χ2v) is 5.03. The van der Waals surface area contributed by atoms with Gasteiger partial charge >= 0.3 is 0 Å². The standard InChI is InChI=1S/C11H18N4OS/c1-2-4-15-10(6-12)13-14-11(15)17-8-9-3-5-16-7-9/h2,9H,1,3-8,12H2/t9-/m0/s1. The van der Waals surface area contributed by atoms with E-state index in [0.717, 1.165) is 36.4 Å². The number of allylic oxidation sites excluding steroid dienone is 1. The summed E-state index contributed by atoms with van der Waals surface area (Å²) in [7, 11) is 0. The Morgan fingerprint density at radius 2 is 2.47 bits per heavy atom. The highest BCUT2D eigenvalue weighted by molar-refractivity contribution is 7.99. The molecule has 1 saturated heterocycles. The van der Waals surface area contributed by atoms with Crippen LogP contribution in [0.3, 0.4) is 0 Å². The van der Waals surface area contributed by atoms with Crippen molar-refractivity contribution >= 4 is 11.8 Å². The Bertz CT molecular complexity index is 374. The molecule has 0 radical (unpaired) electrons. The van der Waals surface area contributed by atoms with Gasteiger partial charge in [0, 0.05) is 18.9 Å². The van der Waals surface area contributed by atoms with Crippen LogP contribution in [0.15, 0.2) is 17.8 Å². The predicted molar refractivity (Wildman–Crippen MR) is 67.8 cm³/mol. The molecular weight excluding hydrogens is 236 g/mol. The molecule has 2 heterocycles. The maximum Gasteiger partial charge on any atom is 0.191 e. The van der Waals surface area contributed by atoms with Gasteiger partial charge in [-0.05, 0) is 12.3 Å². The first kappa shape index (κ1) is 12.6. The van der Waals surface area contributed by atoms with Crippen LogP contribution in [0.25, 0.3) is 0 Å². The van der Waals surface area contributed by atoms with Gasteiger partial charge in [-0.25, -0.2) is 0 Å². The topological polar surface area (TPSA) is 66.0 Å². The monoisotopic (exact) mass is 254 g/mol. The number of nitrogens with two attached hydrogens (primary N) is 1. The van der Waals surface area contributed by atoms with Crippen LogP contribution >= 0.6 is 11.8 Å². The van der Waals surface area contributed by atoms with Gasteiger partial charge in [0.15, 0.2) is 5.16 Å². The molecule has 1 aliphatic rings. The van der Waals surface area contributed by atoms with Crippen molar-refractivity contribution in [1.82, 2.24) is 14.8 Å². The van der Waals surface area contributed by atoms with E-state index in [9.17, 15) is 0 Å². The van der Waals surface area contributed by atoms with Gasteiger partial charge in [-0.1, -0.05) is 17.8 Å². The van der Waals surface area contributed by atoms with Crippen molar-refractivity contribution in [3.05, 3.63) is 18.5 Å². The van der Waals surface area contributed by atoms with E-state index in [1.54, 1.807) is 11.8 Å². The summed E-state index contributed by atoms with van der Waals surface area (Å²) >= 11 is 1.73. The molecule has 0 amide bonds. The number of ether oxygens (including phenoxy) is 1. The Morgan fingerprint density at radius 3 is 3.12 bits per heavy atom. The molecule has 1 fully saturated rings. The fourth-order valence-electron chi connectivity index (χ4n) is 1.80. The summed E-state index contributed by atoms with van der Waals surface area (Å²) in [6.45, 7) is 6.62. The maximum absolute atomic E-state index is 5.63. The summed E-state index contributed by atoms with van der Waals surface area (Å²) in [5.74, 6) is 2.48. The first-order valence-electron chi connectivity index (χ1n) is 5.78. The van der Waals surface area contributed by atoms with Crippen LogP contribution in [0.4, 0.5) is 0 Å². The van der Waals surface area contributed by atoms with E-state index >= 15 is 0 Å². The van der Waals surface area contributed by atoms with Gasteiger partial charge in [-0.2, -0.15) is 0 Å². The lowest BCUT2D eigenvalue weighted by atomic mass is 10.2. The van der Waals surface area contributed by atoms with Crippen LogP contribution in [0, 0.1) is 5.92 Å². The molecule has 6 heteroatoms. The van der Waals surface area contributed by atoms with Crippen molar-refractivity contribution in [2.75, 3.05) is 19.0 Å². The van der Waals surface area contributed by atoms with E-state index in [1.165, 1.54) is 0 Å². The zero-order valence-electron chi connectivity index (χ0n) is 9.84. The molecule has 0 saturated carbocycles. The fraction of sp³-hybridized carbons (Fsp3) is 0.636. The molecular formula is C11H18N4OS. The SMILES string of the molecule is C=CCn1c(CN)nnc1SC[C@H]1CCOC1. The third-order valence-corrected chi connectivity index (χ3v) is 3.96. The minimum atomic E-state index is 0.411. The Labute approximate surface area is 105 Å². The van der Waals surface area contributed by atoms with Crippen molar-refractivity contribution in [3.8, 4) is 0 Å². The molecule has 94 valence electrons. The van der Waals surface area contributed by atoms with E-state index < -0.39 is 0 Å². The minimum Gasteiger partial charge on any atom is -0.381 e. The van der Waals surface area contributed by atoms with Gasteiger partial charge in [-0.15, -0.1) is 16.8 Å². The lowest BCUT2D eigenvalue weighted by molar-refractivity contribution is 0.189. The Hall–Kier alpha value is -0.850. The summed E-state index contributed by atoms with van der Waals surface area (Å²) in [5.41, 5.74) is 5.63.